The van der Waals surface area contributed by atoms with Gasteiger partial charge in [0.15, 0.2) is 5.79 Å². The van der Waals surface area contributed by atoms with E-state index >= 15 is 0 Å². The smallest absolute Gasteiger partial charge is 0.169 e. The van der Waals surface area contributed by atoms with Gasteiger partial charge in [-0.3, -0.25) is 4.79 Å². The second-order valence-electron chi connectivity index (χ2n) is 4.62. The first-order valence-electron chi connectivity index (χ1n) is 6.06. The Balaban J connectivity index is 1.94. The lowest BCUT2D eigenvalue weighted by atomic mass is 9.81. The van der Waals surface area contributed by atoms with Crippen LogP contribution in [0.5, 0.6) is 0 Å². The fourth-order valence-corrected chi connectivity index (χ4v) is 2.58. The molecule has 0 bridgehead atoms. The highest BCUT2D eigenvalue weighted by Crippen LogP contribution is 2.38. The molecule has 0 aromatic heterocycles. The number of hydrogen-bond acceptors (Lipinski definition) is 3. The molecule has 86 valence electrons. The summed E-state index contributed by atoms with van der Waals surface area (Å²) in [7, 11) is 0. The first kappa shape index (κ1) is 11.1. The van der Waals surface area contributed by atoms with Crippen LogP contribution in [0.3, 0.4) is 0 Å². The molecule has 0 aromatic carbocycles. The molecule has 1 spiro atoms. The summed E-state index contributed by atoms with van der Waals surface area (Å²) in [5.74, 6) is 0.191. The van der Waals surface area contributed by atoms with Crippen molar-refractivity contribution in [3.63, 3.8) is 0 Å². The van der Waals surface area contributed by atoms with Gasteiger partial charge in [-0.25, -0.2) is 0 Å². The SMILES string of the molecule is CCCCC1CC2(CCC1=O)OCCO2. The molecule has 1 saturated heterocycles. The Morgan fingerprint density at radius 3 is 2.80 bits per heavy atom. The van der Waals surface area contributed by atoms with Gasteiger partial charge >= 0.3 is 0 Å². The molecule has 2 fully saturated rings. The number of unbranched alkanes of at least 4 members (excludes halogenated alkanes) is 1. The molecule has 2 rings (SSSR count). The van der Waals surface area contributed by atoms with Gasteiger partial charge in [-0.15, -0.1) is 0 Å². The third-order valence-corrected chi connectivity index (χ3v) is 3.48. The number of hydrogen-bond donors (Lipinski definition) is 0. The van der Waals surface area contributed by atoms with Crippen molar-refractivity contribution in [2.24, 2.45) is 5.92 Å². The Kier molecular flexibility index (Phi) is 3.42. The van der Waals surface area contributed by atoms with Crippen molar-refractivity contribution < 1.29 is 14.3 Å². The average molecular weight is 212 g/mol. The van der Waals surface area contributed by atoms with Crippen LogP contribution in [0.25, 0.3) is 0 Å². The van der Waals surface area contributed by atoms with E-state index in [4.69, 9.17) is 9.47 Å². The molecule has 1 heterocycles. The Labute approximate surface area is 91.1 Å². The summed E-state index contributed by atoms with van der Waals surface area (Å²) in [5, 5.41) is 0. The van der Waals surface area contributed by atoms with Crippen LogP contribution in [0.15, 0.2) is 0 Å². The molecule has 1 aliphatic carbocycles. The summed E-state index contributed by atoms with van der Waals surface area (Å²) in [5.41, 5.74) is 0. The minimum absolute atomic E-state index is 0.178. The predicted octanol–water partition coefficient (Wildman–Crippen LogP) is 2.29. The molecule has 15 heavy (non-hydrogen) atoms. The first-order valence-corrected chi connectivity index (χ1v) is 6.06. The molecular formula is C12H20O3. The molecule has 3 heteroatoms. The van der Waals surface area contributed by atoms with Crippen LogP contribution in [0.1, 0.15) is 45.4 Å². The van der Waals surface area contributed by atoms with Crippen molar-refractivity contribution >= 4 is 5.78 Å². The van der Waals surface area contributed by atoms with Gasteiger partial charge in [0.2, 0.25) is 0 Å². The van der Waals surface area contributed by atoms with Crippen LogP contribution >= 0.6 is 0 Å². The van der Waals surface area contributed by atoms with Crippen LogP contribution in [0.2, 0.25) is 0 Å². The van der Waals surface area contributed by atoms with Crippen molar-refractivity contribution in [1.82, 2.24) is 0 Å². The largest absolute Gasteiger partial charge is 0.347 e. The second-order valence-corrected chi connectivity index (χ2v) is 4.62. The number of Topliss-reactive ketones (excluding diaryl/α,β-unsaturated/α-hetero) is 1. The number of carbonyl (C=O) groups excluding carboxylic acids is 1. The highest BCUT2D eigenvalue weighted by molar-refractivity contribution is 5.82. The van der Waals surface area contributed by atoms with E-state index in [1.54, 1.807) is 0 Å². The Morgan fingerprint density at radius 1 is 1.40 bits per heavy atom. The normalized spacial score (nSPS) is 29.9. The molecule has 0 amide bonds. The second kappa shape index (κ2) is 4.62. The average Bonchev–Trinajstić information content (AvgIpc) is 2.69. The monoisotopic (exact) mass is 212 g/mol. The van der Waals surface area contributed by atoms with E-state index in [2.05, 4.69) is 6.92 Å². The first-order chi connectivity index (χ1) is 7.26. The fourth-order valence-electron chi connectivity index (χ4n) is 2.58. The standard InChI is InChI=1S/C12H20O3/c1-2-3-4-10-9-12(6-5-11(10)13)14-7-8-15-12/h10H,2-9H2,1H3. The number of carbonyl (C=O) groups is 1. The summed E-state index contributed by atoms with van der Waals surface area (Å²) in [4.78, 5) is 11.7. The maximum Gasteiger partial charge on any atom is 0.169 e. The molecule has 1 saturated carbocycles. The molecule has 1 unspecified atom stereocenters. The van der Waals surface area contributed by atoms with E-state index in [-0.39, 0.29) is 5.92 Å². The Bertz CT molecular complexity index is 231. The summed E-state index contributed by atoms with van der Waals surface area (Å²) in [6.07, 6.45) is 5.46. The lowest BCUT2D eigenvalue weighted by Gasteiger charge is -2.35. The molecule has 3 nitrogen and oxygen atoms in total. The zero-order valence-electron chi connectivity index (χ0n) is 9.46. The molecule has 2 aliphatic rings. The molecule has 1 aliphatic heterocycles. The lowest BCUT2D eigenvalue weighted by molar-refractivity contribution is -0.189. The van der Waals surface area contributed by atoms with Gasteiger partial charge in [-0.1, -0.05) is 19.8 Å². The maximum atomic E-state index is 11.7. The Morgan fingerprint density at radius 2 is 2.13 bits per heavy atom. The Hall–Kier alpha value is -0.410. The third kappa shape index (κ3) is 2.40. The fraction of sp³-hybridized carbons (Fsp3) is 0.917. The number of rotatable bonds is 3. The quantitative estimate of drug-likeness (QED) is 0.720. The van der Waals surface area contributed by atoms with Gasteiger partial charge in [-0.05, 0) is 6.42 Å². The topological polar surface area (TPSA) is 35.5 Å². The van der Waals surface area contributed by atoms with E-state index in [1.807, 2.05) is 0 Å². The minimum atomic E-state index is -0.397. The van der Waals surface area contributed by atoms with Gasteiger partial charge in [0.1, 0.15) is 5.78 Å². The van der Waals surface area contributed by atoms with Crippen molar-refractivity contribution in [2.75, 3.05) is 13.2 Å². The van der Waals surface area contributed by atoms with Gasteiger partial charge in [0.25, 0.3) is 0 Å². The molecule has 0 radical (unpaired) electrons. The highest BCUT2D eigenvalue weighted by Gasteiger charge is 2.44. The predicted molar refractivity (Wildman–Crippen MR) is 56.5 cm³/mol. The van der Waals surface area contributed by atoms with Crippen molar-refractivity contribution in [3.8, 4) is 0 Å². The molecule has 0 aromatic rings. The van der Waals surface area contributed by atoms with E-state index in [0.717, 1.165) is 32.1 Å². The van der Waals surface area contributed by atoms with E-state index in [0.29, 0.717) is 25.4 Å². The van der Waals surface area contributed by atoms with E-state index in [9.17, 15) is 4.79 Å². The van der Waals surface area contributed by atoms with Crippen molar-refractivity contribution in [3.05, 3.63) is 0 Å². The highest BCUT2D eigenvalue weighted by atomic mass is 16.7. The van der Waals surface area contributed by atoms with Gasteiger partial charge in [0, 0.05) is 25.2 Å². The number of ether oxygens (including phenoxy) is 2. The van der Waals surface area contributed by atoms with Crippen LogP contribution in [0.4, 0.5) is 0 Å². The van der Waals surface area contributed by atoms with Gasteiger partial charge < -0.3 is 9.47 Å². The zero-order chi connectivity index (χ0) is 10.7. The summed E-state index contributed by atoms with van der Waals surface area (Å²) < 4.78 is 11.3. The van der Waals surface area contributed by atoms with Crippen LogP contribution < -0.4 is 0 Å². The van der Waals surface area contributed by atoms with Crippen LogP contribution in [-0.2, 0) is 14.3 Å². The van der Waals surface area contributed by atoms with Gasteiger partial charge in [-0.2, -0.15) is 0 Å². The summed E-state index contributed by atoms with van der Waals surface area (Å²) in [6, 6.07) is 0. The lowest BCUT2D eigenvalue weighted by Crippen LogP contribution is -2.40. The number of ketones is 1. The maximum absolute atomic E-state index is 11.7. The molecule has 1 atom stereocenters. The van der Waals surface area contributed by atoms with E-state index in [1.165, 1.54) is 0 Å². The van der Waals surface area contributed by atoms with Gasteiger partial charge in [0.05, 0.1) is 13.2 Å². The van der Waals surface area contributed by atoms with E-state index < -0.39 is 5.79 Å². The third-order valence-electron chi connectivity index (χ3n) is 3.48. The van der Waals surface area contributed by atoms with Crippen molar-refractivity contribution in [2.45, 2.75) is 51.2 Å². The van der Waals surface area contributed by atoms with Crippen LogP contribution in [-0.4, -0.2) is 24.8 Å². The van der Waals surface area contributed by atoms with Crippen molar-refractivity contribution in [1.29, 1.82) is 0 Å². The summed E-state index contributed by atoms with van der Waals surface area (Å²) >= 11 is 0. The molecule has 0 N–H and O–H groups in total. The summed E-state index contributed by atoms with van der Waals surface area (Å²) in [6.45, 7) is 3.54. The zero-order valence-corrected chi connectivity index (χ0v) is 9.46. The van der Waals surface area contributed by atoms with Crippen LogP contribution in [0, 0.1) is 5.92 Å². The minimum Gasteiger partial charge on any atom is -0.347 e. The molecular weight excluding hydrogens is 192 g/mol.